The summed E-state index contributed by atoms with van der Waals surface area (Å²) in [6, 6.07) is 5.98. The fourth-order valence-corrected chi connectivity index (χ4v) is 3.12. The molecule has 0 unspecified atom stereocenters. The van der Waals surface area contributed by atoms with Crippen LogP contribution in [0.15, 0.2) is 29.2 Å². The van der Waals surface area contributed by atoms with Gasteiger partial charge in [-0.1, -0.05) is 0 Å². The first-order chi connectivity index (χ1) is 8.55. The zero-order valence-corrected chi connectivity index (χ0v) is 10.7. The molecule has 1 heterocycles. The van der Waals surface area contributed by atoms with Crippen LogP contribution in [0.25, 0.3) is 0 Å². The number of benzene rings is 1. The lowest BCUT2D eigenvalue weighted by Crippen LogP contribution is -2.50. The van der Waals surface area contributed by atoms with Crippen LogP contribution in [-0.2, 0) is 14.8 Å². The Morgan fingerprint density at radius 1 is 1.28 bits per heavy atom. The predicted octanol–water partition coefficient (Wildman–Crippen LogP) is -0.184. The van der Waals surface area contributed by atoms with Gasteiger partial charge >= 0.3 is 0 Å². The van der Waals surface area contributed by atoms with Gasteiger partial charge in [-0.3, -0.25) is 4.79 Å². The van der Waals surface area contributed by atoms with Gasteiger partial charge in [0.05, 0.1) is 18.6 Å². The molecule has 1 aromatic rings. The van der Waals surface area contributed by atoms with Gasteiger partial charge in [-0.05, 0) is 24.3 Å². The third-order valence-electron chi connectivity index (χ3n) is 2.69. The second kappa shape index (κ2) is 4.95. The van der Waals surface area contributed by atoms with Gasteiger partial charge in [0, 0.05) is 13.1 Å². The quantitative estimate of drug-likeness (QED) is 0.824. The Kier molecular flexibility index (Phi) is 3.53. The van der Waals surface area contributed by atoms with Crippen molar-refractivity contribution in [1.82, 2.24) is 9.62 Å². The van der Waals surface area contributed by atoms with E-state index in [0.29, 0.717) is 12.3 Å². The minimum Gasteiger partial charge on any atom is -0.497 e. The second-order valence-corrected chi connectivity index (χ2v) is 5.69. The van der Waals surface area contributed by atoms with E-state index in [1.807, 2.05) is 0 Å². The van der Waals surface area contributed by atoms with Crippen LogP contribution in [0.1, 0.15) is 0 Å². The van der Waals surface area contributed by atoms with Gasteiger partial charge in [0.2, 0.25) is 5.91 Å². The molecule has 1 saturated heterocycles. The minimum atomic E-state index is -3.75. The van der Waals surface area contributed by atoms with Crippen molar-refractivity contribution in [1.29, 1.82) is 0 Å². The van der Waals surface area contributed by atoms with Crippen LogP contribution in [0.2, 0.25) is 0 Å². The Bertz CT molecular complexity index is 539. The summed E-state index contributed by atoms with van der Waals surface area (Å²) in [7, 11) is -2.24. The SMILES string of the molecule is COc1ccc(S(=O)(=O)N2CCNCC2=O)cc1. The van der Waals surface area contributed by atoms with E-state index >= 15 is 0 Å². The van der Waals surface area contributed by atoms with E-state index in [-0.39, 0.29) is 18.0 Å². The highest BCUT2D eigenvalue weighted by Crippen LogP contribution is 2.19. The van der Waals surface area contributed by atoms with Crippen LogP contribution in [0, 0.1) is 0 Å². The van der Waals surface area contributed by atoms with Crippen molar-refractivity contribution >= 4 is 15.9 Å². The maximum absolute atomic E-state index is 12.2. The van der Waals surface area contributed by atoms with E-state index in [4.69, 9.17) is 4.74 Å². The van der Waals surface area contributed by atoms with Gasteiger partial charge in [0.15, 0.2) is 0 Å². The van der Waals surface area contributed by atoms with Crippen LogP contribution < -0.4 is 10.1 Å². The van der Waals surface area contributed by atoms with Crippen molar-refractivity contribution in [3.05, 3.63) is 24.3 Å². The molecule has 0 radical (unpaired) electrons. The molecule has 6 nitrogen and oxygen atoms in total. The Balaban J connectivity index is 2.31. The van der Waals surface area contributed by atoms with Gasteiger partial charge in [-0.2, -0.15) is 0 Å². The van der Waals surface area contributed by atoms with Crippen LogP contribution >= 0.6 is 0 Å². The maximum Gasteiger partial charge on any atom is 0.266 e. The number of hydrogen-bond acceptors (Lipinski definition) is 5. The highest BCUT2D eigenvalue weighted by atomic mass is 32.2. The molecule has 0 bridgehead atoms. The number of carbonyl (C=O) groups is 1. The molecule has 1 aromatic carbocycles. The first kappa shape index (κ1) is 12.8. The largest absolute Gasteiger partial charge is 0.497 e. The standard InChI is InChI=1S/C11H14N2O4S/c1-17-9-2-4-10(5-3-9)18(15,16)13-7-6-12-8-11(13)14/h2-5,12H,6-8H2,1H3. The van der Waals surface area contributed by atoms with Gasteiger partial charge in [-0.25, -0.2) is 12.7 Å². The zero-order valence-electron chi connectivity index (χ0n) is 9.92. The molecule has 1 amide bonds. The molecule has 0 aliphatic carbocycles. The topological polar surface area (TPSA) is 75.7 Å². The van der Waals surface area contributed by atoms with Crippen LogP contribution in [-0.4, -0.2) is 45.4 Å². The normalized spacial score (nSPS) is 16.7. The third kappa shape index (κ3) is 2.32. The molecular formula is C11H14N2O4S. The molecule has 1 fully saturated rings. The molecule has 1 aliphatic heterocycles. The van der Waals surface area contributed by atoms with Crippen molar-refractivity contribution in [3.8, 4) is 5.75 Å². The summed E-state index contributed by atoms with van der Waals surface area (Å²) in [4.78, 5) is 11.7. The number of hydrogen-bond donors (Lipinski definition) is 1. The monoisotopic (exact) mass is 270 g/mol. The van der Waals surface area contributed by atoms with Gasteiger partial charge < -0.3 is 10.1 Å². The lowest BCUT2D eigenvalue weighted by molar-refractivity contribution is -0.126. The minimum absolute atomic E-state index is 0.0510. The van der Waals surface area contributed by atoms with Gasteiger partial charge in [0.1, 0.15) is 5.75 Å². The van der Waals surface area contributed by atoms with E-state index in [1.165, 1.54) is 19.2 Å². The fourth-order valence-electron chi connectivity index (χ4n) is 1.72. The number of nitrogens with zero attached hydrogens (tertiary/aromatic N) is 1. The summed E-state index contributed by atoms with van der Waals surface area (Å²) in [6.45, 7) is 0.684. The highest BCUT2D eigenvalue weighted by Gasteiger charge is 2.30. The number of nitrogens with one attached hydrogen (secondary N) is 1. The van der Waals surface area contributed by atoms with Gasteiger partial charge in [0.25, 0.3) is 10.0 Å². The molecular weight excluding hydrogens is 256 g/mol. The Morgan fingerprint density at radius 2 is 1.94 bits per heavy atom. The van der Waals surface area contributed by atoms with E-state index in [1.54, 1.807) is 12.1 Å². The third-order valence-corrected chi connectivity index (χ3v) is 4.53. The first-order valence-corrected chi connectivity index (χ1v) is 6.90. The molecule has 0 saturated carbocycles. The van der Waals surface area contributed by atoms with Crippen molar-refractivity contribution < 1.29 is 17.9 Å². The second-order valence-electron chi connectivity index (χ2n) is 3.82. The van der Waals surface area contributed by atoms with Crippen molar-refractivity contribution in [3.63, 3.8) is 0 Å². The van der Waals surface area contributed by atoms with E-state index in [2.05, 4.69) is 5.32 Å². The Morgan fingerprint density at radius 3 is 2.50 bits per heavy atom. The fraction of sp³-hybridized carbons (Fsp3) is 0.364. The molecule has 0 aromatic heterocycles. The van der Waals surface area contributed by atoms with E-state index < -0.39 is 15.9 Å². The molecule has 0 atom stereocenters. The molecule has 0 spiro atoms. The number of amides is 1. The number of methoxy groups -OCH3 is 1. The lowest BCUT2D eigenvalue weighted by atomic mass is 10.3. The Hall–Kier alpha value is -1.60. The van der Waals surface area contributed by atoms with Crippen molar-refractivity contribution in [2.24, 2.45) is 0 Å². The zero-order chi connectivity index (χ0) is 13.2. The summed E-state index contributed by atoms with van der Waals surface area (Å²) < 4.78 is 30.3. The number of ether oxygens (including phenoxy) is 1. The maximum atomic E-state index is 12.2. The molecule has 1 aliphatic rings. The molecule has 7 heteroatoms. The van der Waals surface area contributed by atoms with E-state index in [0.717, 1.165) is 4.31 Å². The predicted molar refractivity (Wildman–Crippen MR) is 64.8 cm³/mol. The summed E-state index contributed by atoms with van der Waals surface area (Å²) in [5.74, 6) is 0.137. The average Bonchev–Trinajstić information content (AvgIpc) is 2.39. The van der Waals surface area contributed by atoms with Gasteiger partial charge in [-0.15, -0.1) is 0 Å². The van der Waals surface area contributed by atoms with Crippen LogP contribution in [0.4, 0.5) is 0 Å². The Labute approximate surface area is 106 Å². The van der Waals surface area contributed by atoms with E-state index in [9.17, 15) is 13.2 Å². The highest BCUT2D eigenvalue weighted by molar-refractivity contribution is 7.89. The molecule has 98 valence electrons. The lowest BCUT2D eigenvalue weighted by Gasteiger charge is -2.26. The summed E-state index contributed by atoms with van der Waals surface area (Å²) in [5, 5.41) is 2.83. The number of carbonyl (C=O) groups excluding carboxylic acids is 1. The number of rotatable bonds is 3. The molecule has 18 heavy (non-hydrogen) atoms. The van der Waals surface area contributed by atoms with Crippen LogP contribution in [0.5, 0.6) is 5.75 Å². The smallest absolute Gasteiger partial charge is 0.266 e. The van der Waals surface area contributed by atoms with Crippen molar-refractivity contribution in [2.75, 3.05) is 26.7 Å². The summed E-state index contributed by atoms with van der Waals surface area (Å²) in [6.07, 6.45) is 0. The number of sulfonamides is 1. The van der Waals surface area contributed by atoms with Crippen molar-refractivity contribution in [2.45, 2.75) is 4.90 Å². The molecule has 2 rings (SSSR count). The average molecular weight is 270 g/mol. The molecule has 1 N–H and O–H groups in total. The number of piperazine rings is 1. The first-order valence-electron chi connectivity index (χ1n) is 5.46. The summed E-state index contributed by atoms with van der Waals surface area (Å²) in [5.41, 5.74) is 0. The summed E-state index contributed by atoms with van der Waals surface area (Å²) >= 11 is 0. The van der Waals surface area contributed by atoms with Crippen LogP contribution in [0.3, 0.4) is 0 Å².